The molecule has 0 aliphatic rings. The van der Waals surface area contributed by atoms with Crippen molar-refractivity contribution in [3.8, 4) is 0 Å². The normalized spacial score (nSPS) is 12.3. The third kappa shape index (κ3) is 12.6. The molecule has 19 heavy (non-hydrogen) atoms. The minimum Gasteiger partial charge on any atom is -0.433 e. The van der Waals surface area contributed by atoms with Crippen LogP contribution < -0.4 is 0 Å². The van der Waals surface area contributed by atoms with Crippen LogP contribution in [0, 0.1) is 0 Å². The summed E-state index contributed by atoms with van der Waals surface area (Å²) in [6.07, 6.45) is -0.169. The van der Waals surface area contributed by atoms with Gasteiger partial charge in [0.2, 0.25) is 12.6 Å². The quantitative estimate of drug-likeness (QED) is 0.430. The van der Waals surface area contributed by atoms with Crippen LogP contribution in [0.15, 0.2) is 24.8 Å². The monoisotopic (exact) mass is 274 g/mol. The molecule has 6 heteroatoms. The molecule has 0 aromatic heterocycles. The molecule has 0 spiro atoms. The van der Waals surface area contributed by atoms with E-state index in [2.05, 4.69) is 22.6 Å². The smallest absolute Gasteiger partial charge is 0.335 e. The minimum absolute atomic E-state index is 0.299. The van der Waals surface area contributed by atoms with Gasteiger partial charge in [-0.05, 0) is 6.92 Å². The van der Waals surface area contributed by atoms with Crippen LogP contribution in [-0.4, -0.2) is 34.7 Å². The third-order valence-corrected chi connectivity index (χ3v) is 1.71. The highest BCUT2D eigenvalue weighted by Crippen LogP contribution is 1.98. The zero-order valence-electron chi connectivity index (χ0n) is 11.6. The lowest BCUT2D eigenvalue weighted by Crippen LogP contribution is -2.16. The van der Waals surface area contributed by atoms with Crippen LogP contribution in [-0.2, 0) is 19.1 Å². The molecule has 0 aromatic carbocycles. The van der Waals surface area contributed by atoms with E-state index in [-0.39, 0.29) is 0 Å². The van der Waals surface area contributed by atoms with Crippen molar-refractivity contribution in [2.75, 3.05) is 0 Å². The first-order chi connectivity index (χ1) is 8.78. The summed E-state index contributed by atoms with van der Waals surface area (Å²) in [6.45, 7) is 11.5. The maximum absolute atomic E-state index is 10.6. The maximum Gasteiger partial charge on any atom is 0.335 e. The number of aliphatic hydroxyl groups is 2. The van der Waals surface area contributed by atoms with E-state index in [1.807, 2.05) is 0 Å². The van der Waals surface area contributed by atoms with E-state index in [1.165, 1.54) is 6.92 Å². The van der Waals surface area contributed by atoms with Crippen molar-refractivity contribution in [2.45, 2.75) is 46.2 Å². The van der Waals surface area contributed by atoms with E-state index in [0.29, 0.717) is 18.4 Å². The van der Waals surface area contributed by atoms with Gasteiger partial charge in [-0.2, -0.15) is 0 Å². The van der Waals surface area contributed by atoms with Crippen molar-refractivity contribution in [2.24, 2.45) is 0 Å². The molecule has 0 heterocycles. The lowest BCUT2D eigenvalue weighted by atomic mass is 10.3. The van der Waals surface area contributed by atoms with Gasteiger partial charge in [-0.1, -0.05) is 27.0 Å². The maximum atomic E-state index is 10.6. The zero-order chi connectivity index (χ0) is 15.4. The Morgan fingerprint density at radius 2 is 1.58 bits per heavy atom. The molecular formula is C13H22O6. The first-order valence-corrected chi connectivity index (χ1v) is 5.84. The Morgan fingerprint density at radius 1 is 1.16 bits per heavy atom. The Morgan fingerprint density at radius 3 is 1.89 bits per heavy atom. The van der Waals surface area contributed by atoms with Crippen molar-refractivity contribution in [1.29, 1.82) is 0 Å². The molecule has 0 bridgehead atoms. The van der Waals surface area contributed by atoms with Gasteiger partial charge in [-0.25, -0.2) is 9.59 Å². The molecular weight excluding hydrogens is 252 g/mol. The fourth-order valence-electron chi connectivity index (χ4n) is 0.573. The number of hydrogen-bond acceptors (Lipinski definition) is 6. The van der Waals surface area contributed by atoms with Crippen LogP contribution in [0.1, 0.15) is 33.6 Å². The molecule has 110 valence electrons. The molecule has 0 aliphatic carbocycles. The zero-order valence-corrected chi connectivity index (χ0v) is 11.6. The first kappa shape index (κ1) is 19.7. The second kappa shape index (κ2) is 11.4. The van der Waals surface area contributed by atoms with Crippen molar-refractivity contribution in [3.63, 3.8) is 0 Å². The molecule has 6 nitrogen and oxygen atoms in total. The number of ether oxygens (including phenoxy) is 2. The first-order valence-electron chi connectivity index (χ1n) is 5.84. The van der Waals surface area contributed by atoms with Crippen LogP contribution in [0.5, 0.6) is 0 Å². The standard InChI is InChI=1S/C7H12O3.C6H10O3/c1-4-6(8)10-7(9)5(2)3;1-3-5(7)9-6(8)4-2/h6,8H,2,4H2,1,3H3;3,6,8H,1,4H2,2H3. The summed E-state index contributed by atoms with van der Waals surface area (Å²) in [5.41, 5.74) is 0.299. The topological polar surface area (TPSA) is 93.1 Å². The van der Waals surface area contributed by atoms with Crippen molar-refractivity contribution < 1.29 is 29.3 Å². The number of carbonyl (C=O) groups is 2. The third-order valence-electron chi connectivity index (χ3n) is 1.71. The molecule has 0 saturated heterocycles. The molecule has 2 atom stereocenters. The van der Waals surface area contributed by atoms with E-state index >= 15 is 0 Å². The van der Waals surface area contributed by atoms with Gasteiger partial charge in [0.1, 0.15) is 0 Å². The summed E-state index contributed by atoms with van der Waals surface area (Å²) in [6, 6.07) is 0. The molecule has 0 aromatic rings. The predicted octanol–water partition coefficient (Wildman–Crippen LogP) is 1.28. The summed E-state index contributed by atoms with van der Waals surface area (Å²) in [5, 5.41) is 17.5. The second-order valence-corrected chi connectivity index (χ2v) is 3.55. The number of aliphatic hydroxyl groups excluding tert-OH is 2. The molecule has 0 aliphatic heterocycles. The number of carbonyl (C=O) groups excluding carboxylic acids is 2. The van der Waals surface area contributed by atoms with Gasteiger partial charge < -0.3 is 19.7 Å². The number of rotatable bonds is 6. The van der Waals surface area contributed by atoms with Crippen LogP contribution in [0.3, 0.4) is 0 Å². The van der Waals surface area contributed by atoms with Crippen molar-refractivity contribution in [3.05, 3.63) is 24.8 Å². The fourth-order valence-corrected chi connectivity index (χ4v) is 0.573. The molecule has 0 saturated carbocycles. The Labute approximate surface area is 113 Å². The summed E-state index contributed by atoms with van der Waals surface area (Å²) in [5.74, 6) is -1.14. The Hall–Kier alpha value is -1.66. The van der Waals surface area contributed by atoms with E-state index in [1.54, 1.807) is 13.8 Å². The highest BCUT2D eigenvalue weighted by Gasteiger charge is 2.08. The largest absolute Gasteiger partial charge is 0.433 e. The average molecular weight is 274 g/mol. The van der Waals surface area contributed by atoms with E-state index < -0.39 is 24.5 Å². The second-order valence-electron chi connectivity index (χ2n) is 3.55. The van der Waals surface area contributed by atoms with Crippen LogP contribution >= 0.6 is 0 Å². The van der Waals surface area contributed by atoms with E-state index in [4.69, 9.17) is 10.2 Å². The van der Waals surface area contributed by atoms with Crippen molar-refractivity contribution in [1.82, 2.24) is 0 Å². The van der Waals surface area contributed by atoms with Gasteiger partial charge in [0, 0.05) is 24.5 Å². The van der Waals surface area contributed by atoms with Crippen LogP contribution in [0.2, 0.25) is 0 Å². The van der Waals surface area contributed by atoms with E-state index in [9.17, 15) is 9.59 Å². The van der Waals surface area contributed by atoms with Crippen LogP contribution in [0.4, 0.5) is 0 Å². The van der Waals surface area contributed by atoms with Gasteiger partial charge in [-0.15, -0.1) is 0 Å². The average Bonchev–Trinajstić information content (AvgIpc) is 2.38. The van der Waals surface area contributed by atoms with Gasteiger partial charge in [0.15, 0.2) is 0 Å². The van der Waals surface area contributed by atoms with Crippen molar-refractivity contribution >= 4 is 11.9 Å². The molecule has 2 unspecified atom stereocenters. The number of hydrogen-bond donors (Lipinski definition) is 2. The Balaban J connectivity index is 0. The fraction of sp³-hybridized carbons (Fsp3) is 0.538. The SMILES string of the molecule is C=C(C)C(=O)OC(O)CC.C=CC(=O)OC(O)CC. The molecule has 0 fully saturated rings. The molecule has 0 radical (unpaired) electrons. The Kier molecular flexibility index (Phi) is 11.8. The minimum atomic E-state index is -0.996. The highest BCUT2D eigenvalue weighted by molar-refractivity contribution is 5.86. The van der Waals surface area contributed by atoms with Gasteiger partial charge in [0.05, 0.1) is 0 Å². The highest BCUT2D eigenvalue weighted by atomic mass is 16.6. The van der Waals surface area contributed by atoms with Crippen LogP contribution in [0.25, 0.3) is 0 Å². The molecule has 0 rings (SSSR count). The van der Waals surface area contributed by atoms with E-state index in [0.717, 1.165) is 6.08 Å². The molecule has 0 amide bonds. The lowest BCUT2D eigenvalue weighted by Gasteiger charge is -2.08. The summed E-state index contributed by atoms with van der Waals surface area (Å²) in [7, 11) is 0. The van der Waals surface area contributed by atoms with Gasteiger partial charge in [0.25, 0.3) is 0 Å². The summed E-state index contributed by atoms with van der Waals surface area (Å²) in [4.78, 5) is 20.9. The summed E-state index contributed by atoms with van der Waals surface area (Å²) < 4.78 is 8.83. The lowest BCUT2D eigenvalue weighted by molar-refractivity contribution is -0.163. The molecule has 2 N–H and O–H groups in total. The number of esters is 2. The van der Waals surface area contributed by atoms with Gasteiger partial charge in [-0.3, -0.25) is 0 Å². The van der Waals surface area contributed by atoms with Gasteiger partial charge >= 0.3 is 11.9 Å². The summed E-state index contributed by atoms with van der Waals surface area (Å²) >= 11 is 0. The Bertz CT molecular complexity index is 310. The predicted molar refractivity (Wildman–Crippen MR) is 69.8 cm³/mol.